The van der Waals surface area contributed by atoms with E-state index in [1.54, 1.807) is 43.9 Å². The minimum atomic E-state index is -1.01. The predicted molar refractivity (Wildman–Crippen MR) is 154 cm³/mol. The highest BCUT2D eigenvalue weighted by molar-refractivity contribution is 6.31. The number of carbonyl (C=O) groups is 1. The number of nitrogens with zero attached hydrogens (tertiary/aromatic N) is 3. The molecule has 12 heteroatoms. The maximum Gasteiger partial charge on any atom is 0.320 e. The summed E-state index contributed by atoms with van der Waals surface area (Å²) in [7, 11) is 0. The molecule has 0 radical (unpaired) electrons. The fourth-order valence-electron chi connectivity index (χ4n) is 4.49. The van der Waals surface area contributed by atoms with Crippen LogP contribution in [0.25, 0.3) is 10.9 Å². The average Bonchev–Trinajstić information content (AvgIpc) is 3.43. The Morgan fingerprint density at radius 2 is 2.05 bits per heavy atom. The maximum absolute atomic E-state index is 13.7. The molecule has 2 aromatic carbocycles. The number of rotatable bonds is 14. The molecule has 41 heavy (non-hydrogen) atoms. The van der Waals surface area contributed by atoms with E-state index in [1.165, 1.54) is 18.5 Å². The van der Waals surface area contributed by atoms with Crippen molar-refractivity contribution in [2.24, 2.45) is 0 Å². The first-order chi connectivity index (χ1) is 19.6. The highest BCUT2D eigenvalue weighted by Gasteiger charge is 2.22. The number of nitrogens with one attached hydrogen (secondary N) is 1. The smallest absolute Gasteiger partial charge is 0.320 e. The zero-order chi connectivity index (χ0) is 29.4. The summed E-state index contributed by atoms with van der Waals surface area (Å²) in [6.45, 7) is 7.28. The van der Waals surface area contributed by atoms with Gasteiger partial charge in [-0.25, -0.2) is 14.4 Å². The molecule has 0 aliphatic carbocycles. The summed E-state index contributed by atoms with van der Waals surface area (Å²) >= 11 is 5.96. The first-order valence-corrected chi connectivity index (χ1v) is 14.0. The SMILES string of the molecule is CCOC(=O)CN(CCOc1cc2ncnc(Nc3ccc(F)c(Cl)c3)c2cc1OC[C@@H]1CCCO1)CC(C)(C)O. The fourth-order valence-corrected chi connectivity index (χ4v) is 4.67. The van der Waals surface area contributed by atoms with E-state index in [-0.39, 0.29) is 43.4 Å². The van der Waals surface area contributed by atoms with Gasteiger partial charge >= 0.3 is 5.97 Å². The first-order valence-electron chi connectivity index (χ1n) is 13.6. The Morgan fingerprint density at radius 1 is 1.24 bits per heavy atom. The molecule has 1 aliphatic heterocycles. The quantitative estimate of drug-likeness (QED) is 0.255. The van der Waals surface area contributed by atoms with Gasteiger partial charge in [0.25, 0.3) is 0 Å². The first kappa shape index (κ1) is 30.7. The van der Waals surface area contributed by atoms with Crippen LogP contribution >= 0.6 is 11.6 Å². The van der Waals surface area contributed by atoms with Crippen molar-refractivity contribution in [2.45, 2.75) is 45.3 Å². The van der Waals surface area contributed by atoms with Crippen LogP contribution in [0.2, 0.25) is 5.02 Å². The average molecular weight is 591 g/mol. The lowest BCUT2D eigenvalue weighted by Crippen LogP contribution is -2.43. The van der Waals surface area contributed by atoms with Crippen molar-refractivity contribution in [1.82, 2.24) is 14.9 Å². The highest BCUT2D eigenvalue weighted by Crippen LogP contribution is 2.36. The molecule has 1 saturated heterocycles. The van der Waals surface area contributed by atoms with Crippen molar-refractivity contribution in [3.05, 3.63) is 47.5 Å². The molecule has 1 fully saturated rings. The Labute approximate surface area is 243 Å². The lowest BCUT2D eigenvalue weighted by atomic mass is 10.1. The van der Waals surface area contributed by atoms with Crippen LogP contribution in [0.15, 0.2) is 36.7 Å². The Kier molecular flexibility index (Phi) is 10.5. The second kappa shape index (κ2) is 14.1. The van der Waals surface area contributed by atoms with E-state index >= 15 is 0 Å². The molecule has 10 nitrogen and oxygen atoms in total. The lowest BCUT2D eigenvalue weighted by Gasteiger charge is -2.28. The third-order valence-electron chi connectivity index (χ3n) is 6.27. The number of carbonyl (C=O) groups excluding carboxylic acids is 1. The van der Waals surface area contributed by atoms with Gasteiger partial charge in [0.05, 0.1) is 35.4 Å². The van der Waals surface area contributed by atoms with Crippen LogP contribution in [0.3, 0.4) is 0 Å². The number of aliphatic hydroxyl groups is 1. The molecule has 3 aromatic rings. The molecule has 2 N–H and O–H groups in total. The summed E-state index contributed by atoms with van der Waals surface area (Å²) in [6, 6.07) is 7.87. The van der Waals surface area contributed by atoms with Crippen molar-refractivity contribution in [3.63, 3.8) is 0 Å². The number of ether oxygens (including phenoxy) is 4. The van der Waals surface area contributed by atoms with E-state index in [9.17, 15) is 14.3 Å². The van der Waals surface area contributed by atoms with Crippen LogP contribution in [0.1, 0.15) is 33.6 Å². The Bertz CT molecular complexity index is 1330. The molecule has 1 aliphatic rings. The standard InChI is InChI=1S/C29H36ClFN4O6/c1-4-38-27(36)15-35(17-29(2,3)37)9-11-40-26-14-24-21(13-25(26)41-16-20-6-5-10-39-20)28(33-18-32-24)34-19-7-8-23(31)22(30)12-19/h7-8,12-14,18,20,37H,4-6,9-11,15-17H2,1-3H3,(H,32,33,34)/t20-/m0/s1. The second-order valence-corrected chi connectivity index (χ2v) is 10.8. The minimum Gasteiger partial charge on any atom is -0.488 e. The van der Waals surface area contributed by atoms with Crippen molar-refractivity contribution < 1.29 is 33.2 Å². The Balaban J connectivity index is 1.56. The van der Waals surface area contributed by atoms with E-state index in [0.29, 0.717) is 53.7 Å². The Morgan fingerprint density at radius 3 is 2.76 bits per heavy atom. The summed E-state index contributed by atoms with van der Waals surface area (Å²) in [5.74, 6) is 0.533. The second-order valence-electron chi connectivity index (χ2n) is 10.4. The van der Waals surface area contributed by atoms with Crippen LogP contribution in [0.5, 0.6) is 11.5 Å². The summed E-state index contributed by atoms with van der Waals surface area (Å²) in [5, 5.41) is 14.2. The molecule has 0 bridgehead atoms. The molecule has 2 heterocycles. The van der Waals surface area contributed by atoms with Crippen LogP contribution in [-0.2, 0) is 14.3 Å². The van der Waals surface area contributed by atoms with Gasteiger partial charge in [0.2, 0.25) is 0 Å². The normalized spacial score (nSPS) is 15.3. The van der Waals surface area contributed by atoms with Crippen molar-refractivity contribution in [3.8, 4) is 11.5 Å². The Hall–Kier alpha value is -3.25. The van der Waals surface area contributed by atoms with Gasteiger partial charge in [-0.05, 0) is 57.9 Å². The zero-order valence-corrected chi connectivity index (χ0v) is 24.2. The zero-order valence-electron chi connectivity index (χ0n) is 23.5. The molecule has 222 valence electrons. The third kappa shape index (κ3) is 9.12. The van der Waals surface area contributed by atoms with Gasteiger partial charge in [0, 0.05) is 36.8 Å². The van der Waals surface area contributed by atoms with Gasteiger partial charge < -0.3 is 29.4 Å². The van der Waals surface area contributed by atoms with E-state index < -0.39 is 11.4 Å². The van der Waals surface area contributed by atoms with Crippen LogP contribution in [0.4, 0.5) is 15.9 Å². The number of hydrogen-bond acceptors (Lipinski definition) is 10. The van der Waals surface area contributed by atoms with Gasteiger partial charge in [-0.3, -0.25) is 9.69 Å². The summed E-state index contributed by atoms with van der Waals surface area (Å²) in [5.41, 5.74) is 0.141. The predicted octanol–water partition coefficient (Wildman–Crippen LogP) is 4.74. The number of anilines is 2. The summed E-state index contributed by atoms with van der Waals surface area (Å²) in [4.78, 5) is 22.7. The molecule has 4 rings (SSSR count). The largest absolute Gasteiger partial charge is 0.488 e. The van der Waals surface area contributed by atoms with Crippen LogP contribution in [-0.4, -0.2) is 83.7 Å². The summed E-state index contributed by atoms with van der Waals surface area (Å²) in [6.07, 6.45) is 3.28. The third-order valence-corrected chi connectivity index (χ3v) is 6.56. The van der Waals surface area contributed by atoms with Crippen molar-refractivity contribution in [1.29, 1.82) is 0 Å². The van der Waals surface area contributed by atoms with E-state index in [0.717, 1.165) is 12.8 Å². The highest BCUT2D eigenvalue weighted by atomic mass is 35.5. The molecule has 1 atom stereocenters. The molecule has 0 unspecified atom stereocenters. The lowest BCUT2D eigenvalue weighted by molar-refractivity contribution is -0.145. The van der Waals surface area contributed by atoms with E-state index in [2.05, 4.69) is 15.3 Å². The molecule has 0 amide bonds. The number of esters is 1. The number of benzene rings is 2. The maximum atomic E-state index is 13.7. The number of halogens is 2. The monoisotopic (exact) mass is 590 g/mol. The van der Waals surface area contributed by atoms with E-state index in [4.69, 9.17) is 30.5 Å². The summed E-state index contributed by atoms with van der Waals surface area (Å²) < 4.78 is 36.8. The molecular weight excluding hydrogens is 555 g/mol. The van der Waals surface area contributed by atoms with Crippen LogP contribution in [0, 0.1) is 5.82 Å². The fraction of sp³-hybridized carbons (Fsp3) is 0.483. The molecular formula is C29H36ClFN4O6. The van der Waals surface area contributed by atoms with Gasteiger partial charge in [-0.15, -0.1) is 0 Å². The number of hydrogen-bond donors (Lipinski definition) is 2. The number of fused-ring (bicyclic) bond motifs is 1. The van der Waals surface area contributed by atoms with Gasteiger partial charge in [-0.2, -0.15) is 0 Å². The number of aromatic nitrogens is 2. The molecule has 1 aromatic heterocycles. The van der Waals surface area contributed by atoms with Crippen LogP contribution < -0.4 is 14.8 Å². The van der Waals surface area contributed by atoms with Gasteiger partial charge in [-0.1, -0.05) is 11.6 Å². The van der Waals surface area contributed by atoms with E-state index in [1.807, 2.05) is 0 Å². The molecule has 0 spiro atoms. The topological polar surface area (TPSA) is 115 Å². The van der Waals surface area contributed by atoms with Crippen molar-refractivity contribution >= 4 is 40.0 Å². The van der Waals surface area contributed by atoms with Gasteiger partial charge in [0.15, 0.2) is 11.5 Å². The molecule has 0 saturated carbocycles. The van der Waals surface area contributed by atoms with Gasteiger partial charge in [0.1, 0.15) is 31.2 Å². The minimum absolute atomic E-state index is 0.00813. The van der Waals surface area contributed by atoms with Crippen molar-refractivity contribution in [2.75, 3.05) is 51.4 Å².